The number of amides is 3. The number of halogens is 1. The van der Waals surface area contributed by atoms with Gasteiger partial charge in [0, 0.05) is 44.2 Å². The number of benzene rings is 1. The van der Waals surface area contributed by atoms with E-state index in [1.165, 1.54) is 0 Å². The summed E-state index contributed by atoms with van der Waals surface area (Å²) in [4.78, 5) is 27.0. The quantitative estimate of drug-likeness (QED) is 0.926. The lowest BCUT2D eigenvalue weighted by Gasteiger charge is -2.34. The van der Waals surface area contributed by atoms with Crippen LogP contribution >= 0.6 is 11.6 Å². The maximum Gasteiger partial charge on any atom is 0.317 e. The normalized spacial score (nSPS) is 16.3. The van der Waals surface area contributed by atoms with Crippen LogP contribution in [0.5, 0.6) is 0 Å². The Bertz CT molecular complexity index is 542. The molecule has 0 spiro atoms. The zero-order chi connectivity index (χ0) is 16.1. The third-order valence-corrected chi connectivity index (χ3v) is 4.23. The van der Waals surface area contributed by atoms with Crippen molar-refractivity contribution in [1.29, 1.82) is 0 Å². The highest BCUT2D eigenvalue weighted by Crippen LogP contribution is 2.16. The SMILES string of the molecule is CC(=O)N1CCN(C(=O)NC(C)Cc2ccccc2Cl)CC1. The molecule has 3 amide bonds. The molecule has 1 aliphatic rings. The van der Waals surface area contributed by atoms with Crippen molar-refractivity contribution in [1.82, 2.24) is 15.1 Å². The largest absolute Gasteiger partial charge is 0.339 e. The summed E-state index contributed by atoms with van der Waals surface area (Å²) in [6, 6.07) is 7.57. The molecular weight excluding hydrogens is 302 g/mol. The number of carbonyl (C=O) groups is 2. The van der Waals surface area contributed by atoms with Crippen LogP contribution in [0.2, 0.25) is 5.02 Å². The van der Waals surface area contributed by atoms with E-state index in [0.717, 1.165) is 10.6 Å². The molecule has 1 atom stereocenters. The maximum atomic E-state index is 12.2. The Morgan fingerprint density at radius 3 is 2.36 bits per heavy atom. The Morgan fingerprint density at radius 1 is 1.18 bits per heavy atom. The summed E-state index contributed by atoms with van der Waals surface area (Å²) in [5.74, 6) is 0.0622. The van der Waals surface area contributed by atoms with Gasteiger partial charge in [-0.05, 0) is 25.0 Å². The Kier molecular flexibility index (Phi) is 5.66. The molecule has 1 unspecified atom stereocenters. The van der Waals surface area contributed by atoms with E-state index in [0.29, 0.717) is 32.6 Å². The number of urea groups is 1. The van der Waals surface area contributed by atoms with Crippen LogP contribution in [-0.2, 0) is 11.2 Å². The summed E-state index contributed by atoms with van der Waals surface area (Å²) in [6.45, 7) is 5.87. The van der Waals surface area contributed by atoms with E-state index < -0.39 is 0 Å². The molecule has 5 nitrogen and oxygen atoms in total. The fourth-order valence-electron chi connectivity index (χ4n) is 2.57. The van der Waals surface area contributed by atoms with Crippen LogP contribution in [0.25, 0.3) is 0 Å². The van der Waals surface area contributed by atoms with Crippen LogP contribution in [0, 0.1) is 0 Å². The molecule has 1 fully saturated rings. The van der Waals surface area contributed by atoms with Crippen molar-refractivity contribution in [3.8, 4) is 0 Å². The minimum atomic E-state index is -0.0808. The van der Waals surface area contributed by atoms with Crippen LogP contribution in [0.4, 0.5) is 4.79 Å². The number of hydrogen-bond donors (Lipinski definition) is 1. The van der Waals surface area contributed by atoms with Gasteiger partial charge in [-0.1, -0.05) is 29.8 Å². The number of piperazine rings is 1. The predicted octanol–water partition coefficient (Wildman–Crippen LogP) is 2.14. The lowest BCUT2D eigenvalue weighted by Crippen LogP contribution is -2.54. The van der Waals surface area contributed by atoms with Crippen molar-refractivity contribution in [2.75, 3.05) is 26.2 Å². The highest BCUT2D eigenvalue weighted by Gasteiger charge is 2.23. The number of nitrogens with one attached hydrogen (secondary N) is 1. The lowest BCUT2D eigenvalue weighted by atomic mass is 10.1. The van der Waals surface area contributed by atoms with Crippen LogP contribution in [-0.4, -0.2) is 54.0 Å². The van der Waals surface area contributed by atoms with Gasteiger partial charge < -0.3 is 15.1 Å². The van der Waals surface area contributed by atoms with Gasteiger partial charge in [0.25, 0.3) is 0 Å². The number of nitrogens with zero attached hydrogens (tertiary/aromatic N) is 2. The van der Waals surface area contributed by atoms with Gasteiger partial charge in [0.2, 0.25) is 5.91 Å². The Balaban J connectivity index is 1.82. The zero-order valence-electron chi connectivity index (χ0n) is 13.0. The standard InChI is InChI=1S/C16H22ClN3O2/c1-12(11-14-5-3-4-6-15(14)17)18-16(22)20-9-7-19(8-10-20)13(2)21/h3-6,12H,7-11H2,1-2H3,(H,18,22). The third kappa shape index (κ3) is 4.37. The zero-order valence-corrected chi connectivity index (χ0v) is 13.8. The molecule has 1 N–H and O–H groups in total. The first-order valence-electron chi connectivity index (χ1n) is 7.51. The fourth-order valence-corrected chi connectivity index (χ4v) is 2.78. The van der Waals surface area contributed by atoms with Crippen molar-refractivity contribution in [3.05, 3.63) is 34.9 Å². The topological polar surface area (TPSA) is 52.7 Å². The van der Waals surface area contributed by atoms with Crippen molar-refractivity contribution in [3.63, 3.8) is 0 Å². The van der Waals surface area contributed by atoms with Gasteiger partial charge in [0.05, 0.1) is 0 Å². The molecule has 0 saturated carbocycles. The summed E-state index contributed by atoms with van der Waals surface area (Å²) in [5.41, 5.74) is 1.03. The highest BCUT2D eigenvalue weighted by atomic mass is 35.5. The van der Waals surface area contributed by atoms with E-state index in [4.69, 9.17) is 11.6 Å². The first kappa shape index (κ1) is 16.6. The van der Waals surface area contributed by atoms with E-state index in [9.17, 15) is 9.59 Å². The van der Waals surface area contributed by atoms with E-state index in [-0.39, 0.29) is 18.0 Å². The molecule has 1 aliphatic heterocycles. The molecule has 22 heavy (non-hydrogen) atoms. The van der Waals surface area contributed by atoms with Crippen molar-refractivity contribution in [2.24, 2.45) is 0 Å². The van der Waals surface area contributed by atoms with Crippen molar-refractivity contribution >= 4 is 23.5 Å². The van der Waals surface area contributed by atoms with Gasteiger partial charge in [-0.3, -0.25) is 4.79 Å². The van der Waals surface area contributed by atoms with E-state index in [2.05, 4.69) is 5.32 Å². The molecule has 0 aromatic heterocycles. The molecule has 1 heterocycles. The van der Waals surface area contributed by atoms with Gasteiger partial charge in [-0.2, -0.15) is 0 Å². The molecule has 0 radical (unpaired) electrons. The van der Waals surface area contributed by atoms with Crippen molar-refractivity contribution < 1.29 is 9.59 Å². The molecule has 0 bridgehead atoms. The minimum absolute atomic E-state index is 0.00163. The molecule has 1 aromatic rings. The summed E-state index contributed by atoms with van der Waals surface area (Å²) in [6.07, 6.45) is 0.693. The van der Waals surface area contributed by atoms with Gasteiger partial charge in [0.15, 0.2) is 0 Å². The summed E-state index contributed by atoms with van der Waals surface area (Å²) >= 11 is 6.14. The Morgan fingerprint density at radius 2 is 1.77 bits per heavy atom. The van der Waals surface area contributed by atoms with Crippen LogP contribution in [0.1, 0.15) is 19.4 Å². The second-order valence-corrected chi connectivity index (χ2v) is 6.05. The maximum absolute atomic E-state index is 12.2. The van der Waals surface area contributed by atoms with Crippen molar-refractivity contribution in [2.45, 2.75) is 26.3 Å². The molecule has 1 saturated heterocycles. The summed E-state index contributed by atoms with van der Waals surface area (Å²) in [7, 11) is 0. The van der Waals surface area contributed by atoms with Gasteiger partial charge in [-0.25, -0.2) is 4.79 Å². The Hall–Kier alpha value is -1.75. The van der Waals surface area contributed by atoms with E-state index in [1.54, 1.807) is 16.7 Å². The third-order valence-electron chi connectivity index (χ3n) is 3.87. The van der Waals surface area contributed by atoms with E-state index in [1.807, 2.05) is 31.2 Å². The first-order valence-corrected chi connectivity index (χ1v) is 7.89. The predicted molar refractivity (Wildman–Crippen MR) is 87.0 cm³/mol. The Labute approximate surface area is 136 Å². The van der Waals surface area contributed by atoms with Crippen LogP contribution < -0.4 is 5.32 Å². The molecule has 6 heteroatoms. The fraction of sp³-hybridized carbons (Fsp3) is 0.500. The molecular formula is C16H22ClN3O2. The highest BCUT2D eigenvalue weighted by molar-refractivity contribution is 6.31. The molecule has 0 aliphatic carbocycles. The van der Waals surface area contributed by atoms with E-state index >= 15 is 0 Å². The lowest BCUT2D eigenvalue weighted by molar-refractivity contribution is -0.130. The average molecular weight is 324 g/mol. The molecule has 1 aromatic carbocycles. The smallest absolute Gasteiger partial charge is 0.317 e. The summed E-state index contributed by atoms with van der Waals surface area (Å²) in [5, 5.41) is 3.72. The minimum Gasteiger partial charge on any atom is -0.339 e. The monoisotopic (exact) mass is 323 g/mol. The van der Waals surface area contributed by atoms with Gasteiger partial charge >= 0.3 is 6.03 Å². The second kappa shape index (κ2) is 7.49. The van der Waals surface area contributed by atoms with Gasteiger partial charge in [0.1, 0.15) is 0 Å². The number of carbonyl (C=O) groups excluding carboxylic acids is 2. The van der Waals surface area contributed by atoms with Crippen LogP contribution in [0.3, 0.4) is 0 Å². The van der Waals surface area contributed by atoms with Gasteiger partial charge in [-0.15, -0.1) is 0 Å². The second-order valence-electron chi connectivity index (χ2n) is 5.64. The first-order chi connectivity index (χ1) is 10.5. The van der Waals surface area contributed by atoms with Crippen LogP contribution in [0.15, 0.2) is 24.3 Å². The number of rotatable bonds is 3. The number of hydrogen-bond acceptors (Lipinski definition) is 2. The molecule has 2 rings (SSSR count). The average Bonchev–Trinajstić information content (AvgIpc) is 2.49. The molecule has 120 valence electrons. The summed E-state index contributed by atoms with van der Waals surface area (Å²) < 4.78 is 0.